The third-order valence-electron chi connectivity index (χ3n) is 10.7. The number of nitrogens with zero attached hydrogens (tertiary/aromatic N) is 3. The van der Waals surface area contributed by atoms with Gasteiger partial charge in [-0.15, -0.1) is 22.7 Å². The van der Waals surface area contributed by atoms with E-state index in [1.807, 2.05) is 62.7 Å². The standard InChI is InChI=1S/C23H20ClN3O3S.C22H24N2O4S/c1-12-19(14(3)28)21(17-11-31-22-16(17)5-4-7-26-22)20(13(2)27-12)23(29)30-10-15-6-8-25-18(24)9-15;1-12-18(14(3)25)20(17-11-29-21-16(17)5-4-8-23-21)19(13(2)24-12)22(26)28-15-6-9-27-10-7-15/h4-9,11,21,27H,10H2,1-3H3;4-5,8,11,15,20,24H,6-7,9-10H2,1-3H3. The fraction of sp³-hybridized carbons (Fsp3) is 0.311. The number of pyridine rings is 3. The largest absolute Gasteiger partial charge is 0.459 e. The summed E-state index contributed by atoms with van der Waals surface area (Å²) in [6, 6.07) is 11.1. The molecule has 2 atom stereocenters. The number of carbonyl (C=O) groups excluding carboxylic acids is 4. The van der Waals surface area contributed by atoms with Gasteiger partial charge < -0.3 is 24.8 Å². The van der Waals surface area contributed by atoms with Crippen molar-refractivity contribution < 1.29 is 33.4 Å². The number of dihydropyridines is 2. The van der Waals surface area contributed by atoms with E-state index in [2.05, 4.69) is 25.6 Å². The molecular weight excluding hydrogens is 822 g/mol. The number of thiophene rings is 2. The van der Waals surface area contributed by atoms with E-state index >= 15 is 0 Å². The maximum absolute atomic E-state index is 13.3. The molecule has 2 N–H and O–H groups in total. The van der Waals surface area contributed by atoms with Gasteiger partial charge in [-0.2, -0.15) is 0 Å². The van der Waals surface area contributed by atoms with Crippen molar-refractivity contribution in [3.63, 3.8) is 0 Å². The first-order chi connectivity index (χ1) is 28.8. The molecule has 2 unspecified atom stereocenters. The summed E-state index contributed by atoms with van der Waals surface area (Å²) in [5, 5.41) is 12.6. The maximum Gasteiger partial charge on any atom is 0.337 e. The van der Waals surface area contributed by atoms with Crippen LogP contribution in [0.25, 0.3) is 20.4 Å². The summed E-state index contributed by atoms with van der Waals surface area (Å²) in [5.74, 6) is -2.04. The molecule has 5 aromatic heterocycles. The van der Waals surface area contributed by atoms with E-state index < -0.39 is 17.8 Å². The van der Waals surface area contributed by atoms with Gasteiger partial charge in [0.25, 0.3) is 0 Å². The minimum atomic E-state index is -0.537. The Morgan fingerprint density at radius 2 is 1.22 bits per heavy atom. The second kappa shape index (κ2) is 18.4. The number of aromatic nitrogens is 3. The number of hydrogen-bond acceptors (Lipinski definition) is 14. The van der Waals surface area contributed by atoms with E-state index in [4.69, 9.17) is 25.8 Å². The lowest BCUT2D eigenvalue weighted by Crippen LogP contribution is -2.33. The SMILES string of the molecule is CC(=O)C1=C(C)NC(C)=C(C(=O)OC2CCOCC2)C1c1csc2ncccc12.CC(=O)C1=C(C)NC(C)=C(C(=O)OCc2ccnc(Cl)c2)C1c1csc2ncccc12. The molecule has 3 aliphatic rings. The number of Topliss-reactive ketones (excluding diaryl/α,β-unsaturated/α-hetero) is 2. The van der Waals surface area contributed by atoms with Crippen molar-refractivity contribution >= 4 is 78.2 Å². The zero-order chi connectivity index (χ0) is 42.7. The first-order valence-electron chi connectivity index (χ1n) is 19.4. The molecule has 12 nitrogen and oxygen atoms in total. The fourth-order valence-corrected chi connectivity index (χ4v) is 10.1. The van der Waals surface area contributed by atoms with Gasteiger partial charge in [-0.05, 0) is 93.3 Å². The minimum absolute atomic E-state index is 0.0502. The number of esters is 2. The van der Waals surface area contributed by atoms with E-state index in [9.17, 15) is 19.2 Å². The number of fused-ring (bicyclic) bond motifs is 2. The number of ketones is 2. The summed E-state index contributed by atoms with van der Waals surface area (Å²) >= 11 is 8.93. The highest BCUT2D eigenvalue weighted by Gasteiger charge is 2.39. The van der Waals surface area contributed by atoms with Crippen LogP contribution in [0.5, 0.6) is 0 Å². The highest BCUT2D eigenvalue weighted by Crippen LogP contribution is 2.45. The highest BCUT2D eigenvalue weighted by atomic mass is 35.5. The van der Waals surface area contributed by atoms with Crippen LogP contribution < -0.4 is 10.6 Å². The predicted octanol–water partition coefficient (Wildman–Crippen LogP) is 8.75. The average Bonchev–Trinajstić information content (AvgIpc) is 3.84. The van der Waals surface area contributed by atoms with Gasteiger partial charge in [0.2, 0.25) is 0 Å². The van der Waals surface area contributed by atoms with Crippen molar-refractivity contribution in [2.75, 3.05) is 13.2 Å². The summed E-state index contributed by atoms with van der Waals surface area (Å²) in [5.41, 5.74) is 7.46. The van der Waals surface area contributed by atoms with E-state index in [1.165, 1.54) is 29.6 Å². The van der Waals surface area contributed by atoms with Gasteiger partial charge in [0.1, 0.15) is 27.5 Å². The molecule has 0 radical (unpaired) electrons. The smallest absolute Gasteiger partial charge is 0.337 e. The summed E-state index contributed by atoms with van der Waals surface area (Å²) in [7, 11) is 0. The number of rotatable bonds is 9. The van der Waals surface area contributed by atoms with Gasteiger partial charge in [-0.3, -0.25) is 9.59 Å². The highest BCUT2D eigenvalue weighted by molar-refractivity contribution is 7.17. The van der Waals surface area contributed by atoms with Crippen LogP contribution >= 0.6 is 34.3 Å². The van der Waals surface area contributed by atoms with Crippen LogP contribution in [-0.2, 0) is 40.0 Å². The van der Waals surface area contributed by atoms with Crippen molar-refractivity contribution in [1.29, 1.82) is 0 Å². The summed E-state index contributed by atoms with van der Waals surface area (Å²) in [6.07, 6.45) is 6.26. The van der Waals surface area contributed by atoms with Crippen LogP contribution in [0, 0.1) is 0 Å². The van der Waals surface area contributed by atoms with Crippen LogP contribution in [0.2, 0.25) is 5.15 Å². The molecule has 5 aromatic rings. The minimum Gasteiger partial charge on any atom is -0.459 e. The number of ether oxygens (including phenoxy) is 3. The van der Waals surface area contributed by atoms with Crippen LogP contribution in [-0.4, -0.2) is 57.8 Å². The number of halogens is 1. The lowest BCUT2D eigenvalue weighted by atomic mass is 9.79. The lowest BCUT2D eigenvalue weighted by molar-refractivity contribution is -0.148. The van der Waals surface area contributed by atoms with Gasteiger partial charge >= 0.3 is 11.9 Å². The lowest BCUT2D eigenvalue weighted by Gasteiger charge is -2.31. The topological polar surface area (TPSA) is 159 Å². The Kier molecular flexibility index (Phi) is 13.0. The van der Waals surface area contributed by atoms with Gasteiger partial charge in [0.05, 0.1) is 24.4 Å². The van der Waals surface area contributed by atoms with Crippen molar-refractivity contribution in [3.8, 4) is 0 Å². The number of nitrogens with one attached hydrogen (secondary N) is 2. The maximum atomic E-state index is 13.3. The molecule has 3 aliphatic heterocycles. The molecule has 0 saturated carbocycles. The van der Waals surface area contributed by atoms with Gasteiger partial charge in [-0.25, -0.2) is 24.5 Å². The van der Waals surface area contributed by atoms with Crippen LogP contribution in [0.1, 0.15) is 82.9 Å². The molecule has 0 spiro atoms. The molecule has 60 heavy (non-hydrogen) atoms. The average molecular weight is 866 g/mol. The Balaban J connectivity index is 0.000000182. The predicted molar refractivity (Wildman–Crippen MR) is 232 cm³/mol. The molecule has 0 bridgehead atoms. The molecule has 310 valence electrons. The van der Waals surface area contributed by atoms with Crippen LogP contribution in [0.3, 0.4) is 0 Å². The zero-order valence-electron chi connectivity index (χ0n) is 34.0. The molecule has 1 saturated heterocycles. The van der Waals surface area contributed by atoms with Crippen molar-refractivity contribution in [1.82, 2.24) is 25.6 Å². The molecule has 8 rings (SSSR count). The summed E-state index contributed by atoms with van der Waals surface area (Å²) in [4.78, 5) is 66.3. The van der Waals surface area contributed by atoms with E-state index in [-0.39, 0.29) is 30.2 Å². The van der Waals surface area contributed by atoms with Crippen molar-refractivity contribution in [3.05, 3.63) is 133 Å². The molecular formula is C45H44ClN5O7S2. The monoisotopic (exact) mass is 865 g/mol. The molecule has 15 heteroatoms. The second-order valence-electron chi connectivity index (χ2n) is 14.8. The quantitative estimate of drug-likeness (QED) is 0.107. The molecule has 1 fully saturated rings. The normalized spacial score (nSPS) is 18.5. The number of carbonyl (C=O) groups is 4. The Hall–Kier alpha value is -5.54. The van der Waals surface area contributed by atoms with Crippen molar-refractivity contribution in [2.45, 2.75) is 78.9 Å². The molecule has 0 aromatic carbocycles. The number of hydrogen-bond donors (Lipinski definition) is 2. The number of allylic oxidation sites excluding steroid dienone is 6. The molecule has 8 heterocycles. The Labute approximate surface area is 360 Å². The van der Waals surface area contributed by atoms with E-state index in [0.29, 0.717) is 59.2 Å². The van der Waals surface area contributed by atoms with E-state index in [1.54, 1.807) is 37.6 Å². The summed E-state index contributed by atoms with van der Waals surface area (Å²) in [6.45, 7) is 11.7. The van der Waals surface area contributed by atoms with Crippen LogP contribution in [0.15, 0.2) is 111 Å². The van der Waals surface area contributed by atoms with Gasteiger partial charge in [0.15, 0.2) is 11.6 Å². The van der Waals surface area contributed by atoms with Gasteiger partial charge in [0, 0.05) is 88.0 Å². The molecule has 0 aliphatic carbocycles. The van der Waals surface area contributed by atoms with E-state index in [0.717, 1.165) is 54.2 Å². The fourth-order valence-electron chi connectivity index (χ4n) is 8.07. The Bertz CT molecular complexity index is 2650. The van der Waals surface area contributed by atoms with Crippen LogP contribution in [0.4, 0.5) is 0 Å². The third kappa shape index (κ3) is 8.83. The summed E-state index contributed by atoms with van der Waals surface area (Å²) < 4.78 is 16.8. The second-order valence-corrected chi connectivity index (χ2v) is 16.9. The zero-order valence-corrected chi connectivity index (χ0v) is 36.4. The molecule has 0 amide bonds. The Morgan fingerprint density at radius 3 is 1.72 bits per heavy atom. The first-order valence-corrected chi connectivity index (χ1v) is 21.6. The third-order valence-corrected chi connectivity index (χ3v) is 12.8. The Morgan fingerprint density at radius 1 is 0.717 bits per heavy atom. The van der Waals surface area contributed by atoms with Crippen molar-refractivity contribution in [2.24, 2.45) is 0 Å². The van der Waals surface area contributed by atoms with Gasteiger partial charge in [-0.1, -0.05) is 23.7 Å². The first kappa shape index (κ1) is 42.6.